The number of carbonyl (C=O) groups excluding carboxylic acids is 1. The molecule has 5 rings (SSSR count). The monoisotopic (exact) mass is 487 g/mol. The van der Waals surface area contributed by atoms with Crippen LogP contribution in [-0.2, 0) is 24.4 Å². The molecule has 0 bridgehead atoms. The van der Waals surface area contributed by atoms with Crippen LogP contribution in [0.1, 0.15) is 16.7 Å². The van der Waals surface area contributed by atoms with E-state index in [-0.39, 0.29) is 30.4 Å². The van der Waals surface area contributed by atoms with Crippen LogP contribution in [0.25, 0.3) is 10.9 Å². The van der Waals surface area contributed by atoms with Gasteiger partial charge in [0.1, 0.15) is 25.6 Å². The highest BCUT2D eigenvalue weighted by Crippen LogP contribution is 2.34. The Balaban J connectivity index is 1.44. The van der Waals surface area contributed by atoms with Gasteiger partial charge in [-0.1, -0.05) is 29.8 Å². The van der Waals surface area contributed by atoms with Gasteiger partial charge in [-0.25, -0.2) is 4.39 Å². The van der Waals surface area contributed by atoms with E-state index in [2.05, 4.69) is 10.6 Å². The average Bonchev–Trinajstić information content (AvgIpc) is 2.89. The number of nitrogens with zero attached hydrogens (tertiary/aromatic N) is 1. The maximum Gasteiger partial charge on any atom is 0.256 e. The third-order valence-electron chi connectivity index (χ3n) is 6.07. The normalized spacial score (nSPS) is 12.4. The van der Waals surface area contributed by atoms with Crippen LogP contribution in [-0.4, -0.2) is 23.7 Å². The van der Waals surface area contributed by atoms with Gasteiger partial charge < -0.3 is 20.1 Å². The largest absolute Gasteiger partial charge is 0.486 e. The minimum absolute atomic E-state index is 0.172. The summed E-state index contributed by atoms with van der Waals surface area (Å²) in [4.78, 5) is 26.3. The number of anilines is 1. The quantitative estimate of drug-likeness (QED) is 0.409. The number of carbonyl (C=O) groups is 1. The first kappa shape index (κ1) is 23.4. The molecule has 1 aliphatic rings. The molecule has 0 fully saturated rings. The standard InChI is InChI=1S/C28H26FN3O4/c1-18-2-8-23(9-3-18)30-16-21-12-20-13-25-26(36-11-10-35-25)14-24(20)32(28(21)34)17-27(33)31-15-19-4-6-22(29)7-5-19/h2-9,12-14,30H,10-11,15-17H2,1H3,(H,31,33). The first-order chi connectivity index (χ1) is 17.5. The number of hydrogen-bond donors (Lipinski definition) is 2. The van der Waals surface area contributed by atoms with E-state index in [9.17, 15) is 14.0 Å². The summed E-state index contributed by atoms with van der Waals surface area (Å²) in [6.07, 6.45) is 0. The summed E-state index contributed by atoms with van der Waals surface area (Å²) in [5.74, 6) is 0.478. The van der Waals surface area contributed by atoms with Crippen LogP contribution in [0.2, 0.25) is 0 Å². The van der Waals surface area contributed by atoms with Crippen molar-refractivity contribution in [3.8, 4) is 11.5 Å². The van der Waals surface area contributed by atoms with E-state index < -0.39 is 0 Å². The number of fused-ring (bicyclic) bond motifs is 2. The summed E-state index contributed by atoms with van der Waals surface area (Å²) < 4.78 is 26.1. The topological polar surface area (TPSA) is 81.6 Å². The molecule has 0 spiro atoms. The molecule has 4 aromatic rings. The molecule has 184 valence electrons. The van der Waals surface area contributed by atoms with E-state index >= 15 is 0 Å². The van der Waals surface area contributed by atoms with Gasteiger partial charge in [0.25, 0.3) is 5.56 Å². The summed E-state index contributed by atoms with van der Waals surface area (Å²) in [6.45, 7) is 3.23. The van der Waals surface area contributed by atoms with Crippen LogP contribution < -0.4 is 25.7 Å². The van der Waals surface area contributed by atoms with Crippen molar-refractivity contribution in [2.24, 2.45) is 0 Å². The summed E-state index contributed by atoms with van der Waals surface area (Å²) in [7, 11) is 0. The van der Waals surface area contributed by atoms with Crippen LogP contribution in [0, 0.1) is 12.7 Å². The fourth-order valence-corrected chi connectivity index (χ4v) is 4.13. The molecule has 2 heterocycles. The van der Waals surface area contributed by atoms with Gasteiger partial charge in [-0.2, -0.15) is 0 Å². The van der Waals surface area contributed by atoms with Crippen molar-refractivity contribution in [2.75, 3.05) is 18.5 Å². The van der Waals surface area contributed by atoms with Crippen LogP contribution in [0.5, 0.6) is 11.5 Å². The molecule has 0 aliphatic carbocycles. The highest BCUT2D eigenvalue weighted by Gasteiger charge is 2.18. The first-order valence-electron chi connectivity index (χ1n) is 11.7. The Hall–Kier alpha value is -4.33. The molecule has 3 aromatic carbocycles. The molecule has 0 unspecified atom stereocenters. The second kappa shape index (κ2) is 10.1. The van der Waals surface area contributed by atoms with E-state index in [4.69, 9.17) is 9.47 Å². The van der Waals surface area contributed by atoms with Gasteiger partial charge in [0.05, 0.1) is 5.52 Å². The second-order valence-corrected chi connectivity index (χ2v) is 8.74. The fourth-order valence-electron chi connectivity index (χ4n) is 4.13. The van der Waals surface area contributed by atoms with Crippen LogP contribution in [0.4, 0.5) is 10.1 Å². The third kappa shape index (κ3) is 5.17. The zero-order chi connectivity index (χ0) is 25.1. The van der Waals surface area contributed by atoms with Crippen molar-refractivity contribution in [2.45, 2.75) is 26.6 Å². The summed E-state index contributed by atoms with van der Waals surface area (Å²) in [5.41, 5.74) is 3.64. The number of ether oxygens (including phenoxy) is 2. The zero-order valence-corrected chi connectivity index (χ0v) is 19.8. The highest BCUT2D eigenvalue weighted by atomic mass is 19.1. The number of hydrogen-bond acceptors (Lipinski definition) is 5. The van der Waals surface area contributed by atoms with Gasteiger partial charge in [-0.15, -0.1) is 0 Å². The van der Waals surface area contributed by atoms with Crippen molar-refractivity contribution in [3.63, 3.8) is 0 Å². The molecule has 8 heteroatoms. The highest BCUT2D eigenvalue weighted by molar-refractivity contribution is 5.86. The van der Waals surface area contributed by atoms with Gasteiger partial charge in [0, 0.05) is 35.8 Å². The van der Waals surface area contributed by atoms with Crippen molar-refractivity contribution in [3.05, 3.63) is 99.6 Å². The van der Waals surface area contributed by atoms with Gasteiger partial charge in [-0.3, -0.25) is 14.2 Å². The van der Waals surface area contributed by atoms with Gasteiger partial charge in [-0.05, 0) is 48.9 Å². The average molecular weight is 488 g/mol. The second-order valence-electron chi connectivity index (χ2n) is 8.74. The van der Waals surface area contributed by atoms with Crippen LogP contribution in [0.15, 0.2) is 71.5 Å². The lowest BCUT2D eigenvalue weighted by Crippen LogP contribution is -2.34. The van der Waals surface area contributed by atoms with Crippen molar-refractivity contribution in [1.82, 2.24) is 9.88 Å². The minimum atomic E-state index is -0.339. The lowest BCUT2D eigenvalue weighted by molar-refractivity contribution is -0.121. The number of benzene rings is 3. The fraction of sp³-hybridized carbons (Fsp3) is 0.214. The number of rotatable bonds is 7. The molecule has 2 N–H and O–H groups in total. The molecule has 1 aromatic heterocycles. The lowest BCUT2D eigenvalue weighted by atomic mass is 10.1. The Bertz CT molecular complexity index is 1460. The van der Waals surface area contributed by atoms with E-state index in [1.165, 1.54) is 16.7 Å². The zero-order valence-electron chi connectivity index (χ0n) is 19.8. The minimum Gasteiger partial charge on any atom is -0.486 e. The van der Waals surface area contributed by atoms with Crippen LogP contribution in [0.3, 0.4) is 0 Å². The van der Waals surface area contributed by atoms with Gasteiger partial charge in [0.2, 0.25) is 5.91 Å². The molecule has 0 radical (unpaired) electrons. The van der Waals surface area contributed by atoms with E-state index in [1.54, 1.807) is 18.2 Å². The summed E-state index contributed by atoms with van der Waals surface area (Å²) in [6, 6.07) is 19.2. The maximum absolute atomic E-state index is 13.5. The molecule has 1 aliphatic heterocycles. The molecule has 0 saturated heterocycles. The Morgan fingerprint density at radius 3 is 2.36 bits per heavy atom. The molecule has 1 amide bonds. The van der Waals surface area contributed by atoms with E-state index in [0.717, 1.165) is 22.2 Å². The van der Waals surface area contributed by atoms with Crippen molar-refractivity contribution in [1.29, 1.82) is 0 Å². The third-order valence-corrected chi connectivity index (χ3v) is 6.07. The SMILES string of the molecule is Cc1ccc(NCc2cc3cc4c(cc3n(CC(=O)NCc3ccc(F)cc3)c2=O)OCCO4)cc1. The maximum atomic E-state index is 13.5. The molecule has 0 atom stereocenters. The Kier molecular flexibility index (Phi) is 6.58. The molecule has 36 heavy (non-hydrogen) atoms. The van der Waals surface area contributed by atoms with Gasteiger partial charge >= 0.3 is 0 Å². The number of halogens is 1. The molecule has 0 saturated carbocycles. The lowest BCUT2D eigenvalue weighted by Gasteiger charge is -2.21. The number of pyridine rings is 1. The Morgan fingerprint density at radius 1 is 0.944 bits per heavy atom. The molecular weight excluding hydrogens is 461 g/mol. The summed E-state index contributed by atoms with van der Waals surface area (Å²) in [5, 5.41) is 6.87. The number of aryl methyl sites for hydroxylation is 1. The van der Waals surface area contributed by atoms with Crippen LogP contribution >= 0.6 is 0 Å². The predicted octanol–water partition coefficient (Wildman–Crippen LogP) is 4.15. The number of amides is 1. The smallest absolute Gasteiger partial charge is 0.256 e. The van der Waals surface area contributed by atoms with Crippen molar-refractivity contribution < 1.29 is 18.7 Å². The predicted molar refractivity (Wildman–Crippen MR) is 136 cm³/mol. The van der Waals surface area contributed by atoms with E-state index in [0.29, 0.717) is 42.3 Å². The Labute approximate surface area is 207 Å². The molecule has 7 nitrogen and oxygen atoms in total. The van der Waals surface area contributed by atoms with E-state index in [1.807, 2.05) is 43.3 Å². The number of nitrogens with one attached hydrogen (secondary N) is 2. The van der Waals surface area contributed by atoms with Gasteiger partial charge in [0.15, 0.2) is 11.5 Å². The Morgan fingerprint density at radius 2 is 1.64 bits per heavy atom. The summed E-state index contributed by atoms with van der Waals surface area (Å²) >= 11 is 0. The van der Waals surface area contributed by atoms with Crippen molar-refractivity contribution >= 4 is 22.5 Å². The first-order valence-corrected chi connectivity index (χ1v) is 11.7. The molecular formula is C28H26FN3O4. The number of aromatic nitrogens is 1.